The highest BCUT2D eigenvalue weighted by atomic mass is 35.5. The average molecular weight is 325 g/mol. The van der Waals surface area contributed by atoms with Crippen LogP contribution in [-0.4, -0.2) is 16.9 Å². The van der Waals surface area contributed by atoms with Crippen molar-refractivity contribution < 1.29 is 4.79 Å². The molecular weight excluding hydrogens is 312 g/mol. The third-order valence-electron chi connectivity index (χ3n) is 3.37. The summed E-state index contributed by atoms with van der Waals surface area (Å²) in [6, 6.07) is 14.6. The molecule has 5 nitrogen and oxygen atoms in total. The molecule has 0 saturated carbocycles. The second-order valence-corrected chi connectivity index (χ2v) is 5.32. The van der Waals surface area contributed by atoms with Crippen molar-refractivity contribution in [1.82, 2.24) is 4.98 Å². The first-order valence-corrected chi connectivity index (χ1v) is 7.21. The Morgan fingerprint density at radius 2 is 1.91 bits per heavy atom. The van der Waals surface area contributed by atoms with E-state index in [1.807, 2.05) is 24.3 Å². The summed E-state index contributed by atoms with van der Waals surface area (Å²) in [4.78, 5) is 19.9. The van der Waals surface area contributed by atoms with Gasteiger partial charge in [0, 0.05) is 17.3 Å². The summed E-state index contributed by atoms with van der Waals surface area (Å²) in [7, 11) is 0. The van der Waals surface area contributed by atoms with Crippen molar-refractivity contribution in [3.05, 3.63) is 65.3 Å². The van der Waals surface area contributed by atoms with Gasteiger partial charge >= 0.3 is 0 Å². The number of carbonyl (C=O) groups is 1. The molecule has 0 aliphatic heterocycles. The number of pyridine rings is 1. The SMILES string of the molecule is NC(N)=NC(=O)c1ccc2cccc(-c3ncccc3Cl)c2c1. The summed E-state index contributed by atoms with van der Waals surface area (Å²) >= 11 is 6.25. The Balaban J connectivity index is 2.22. The summed E-state index contributed by atoms with van der Waals surface area (Å²) < 4.78 is 0. The number of nitrogens with zero attached hydrogens (tertiary/aromatic N) is 2. The predicted molar refractivity (Wildman–Crippen MR) is 92.3 cm³/mol. The third kappa shape index (κ3) is 3.00. The maximum atomic E-state index is 12.0. The zero-order valence-electron chi connectivity index (χ0n) is 12.0. The van der Waals surface area contributed by atoms with Crippen LogP contribution in [0.5, 0.6) is 0 Å². The second-order valence-electron chi connectivity index (χ2n) is 4.92. The van der Waals surface area contributed by atoms with Crippen molar-refractivity contribution in [1.29, 1.82) is 0 Å². The van der Waals surface area contributed by atoms with Crippen molar-refractivity contribution >= 4 is 34.2 Å². The van der Waals surface area contributed by atoms with E-state index in [0.29, 0.717) is 16.3 Å². The van der Waals surface area contributed by atoms with Crippen LogP contribution in [0.25, 0.3) is 22.0 Å². The molecule has 0 aliphatic rings. The number of carbonyl (C=O) groups excluding carboxylic acids is 1. The van der Waals surface area contributed by atoms with E-state index in [-0.39, 0.29) is 5.96 Å². The van der Waals surface area contributed by atoms with E-state index in [2.05, 4.69) is 9.98 Å². The second kappa shape index (κ2) is 6.06. The Kier molecular flexibility index (Phi) is 3.95. The Labute approximate surface area is 137 Å². The molecule has 0 bridgehead atoms. The van der Waals surface area contributed by atoms with E-state index >= 15 is 0 Å². The monoisotopic (exact) mass is 324 g/mol. The molecule has 0 spiro atoms. The fourth-order valence-corrected chi connectivity index (χ4v) is 2.60. The zero-order chi connectivity index (χ0) is 16.4. The average Bonchev–Trinajstić information content (AvgIpc) is 2.54. The van der Waals surface area contributed by atoms with Gasteiger partial charge in [-0.1, -0.05) is 35.9 Å². The Morgan fingerprint density at radius 1 is 1.09 bits per heavy atom. The molecule has 2 aromatic carbocycles. The molecule has 0 unspecified atom stereocenters. The van der Waals surface area contributed by atoms with Crippen molar-refractivity contribution in [3.8, 4) is 11.3 Å². The smallest absolute Gasteiger partial charge is 0.280 e. The summed E-state index contributed by atoms with van der Waals surface area (Å²) in [6.07, 6.45) is 1.68. The maximum Gasteiger partial charge on any atom is 0.280 e. The highest BCUT2D eigenvalue weighted by molar-refractivity contribution is 6.33. The topological polar surface area (TPSA) is 94.4 Å². The van der Waals surface area contributed by atoms with E-state index in [4.69, 9.17) is 23.1 Å². The molecule has 6 heteroatoms. The summed E-state index contributed by atoms with van der Waals surface area (Å²) in [5.41, 5.74) is 12.4. The lowest BCUT2D eigenvalue weighted by molar-refractivity contribution is 0.100. The maximum absolute atomic E-state index is 12.0. The van der Waals surface area contributed by atoms with Crippen LogP contribution in [0.4, 0.5) is 0 Å². The van der Waals surface area contributed by atoms with Crippen LogP contribution in [0.15, 0.2) is 59.7 Å². The molecule has 0 radical (unpaired) electrons. The van der Waals surface area contributed by atoms with Gasteiger partial charge in [0.1, 0.15) is 0 Å². The number of fused-ring (bicyclic) bond motifs is 1. The number of hydrogen-bond acceptors (Lipinski definition) is 2. The number of aromatic nitrogens is 1. The normalized spacial score (nSPS) is 10.5. The standard InChI is InChI=1S/C17H13ClN4O/c18-14-5-2-8-21-15(14)12-4-1-3-10-6-7-11(9-13(10)12)16(23)22-17(19)20/h1-9H,(H4,19,20,22,23). The van der Waals surface area contributed by atoms with Crippen LogP contribution in [0.3, 0.4) is 0 Å². The molecule has 1 heterocycles. The van der Waals surface area contributed by atoms with Gasteiger partial charge in [-0.15, -0.1) is 0 Å². The number of amides is 1. The van der Waals surface area contributed by atoms with Gasteiger partial charge in [-0.25, -0.2) is 0 Å². The fourth-order valence-electron chi connectivity index (χ4n) is 2.38. The van der Waals surface area contributed by atoms with Gasteiger partial charge < -0.3 is 11.5 Å². The molecule has 3 aromatic rings. The Bertz CT molecular complexity index is 933. The molecule has 0 fully saturated rings. The molecule has 0 atom stereocenters. The number of rotatable bonds is 2. The number of hydrogen-bond donors (Lipinski definition) is 2. The lowest BCUT2D eigenvalue weighted by Gasteiger charge is -2.08. The van der Waals surface area contributed by atoms with Crippen molar-refractivity contribution in [2.75, 3.05) is 0 Å². The first-order chi connectivity index (χ1) is 11.1. The quantitative estimate of drug-likeness (QED) is 0.559. The number of aliphatic imine (C=N–C) groups is 1. The summed E-state index contributed by atoms with van der Waals surface area (Å²) in [5.74, 6) is -0.759. The number of guanidine groups is 1. The number of nitrogens with two attached hydrogens (primary N) is 2. The molecule has 0 aliphatic carbocycles. The highest BCUT2D eigenvalue weighted by Gasteiger charge is 2.11. The van der Waals surface area contributed by atoms with Gasteiger partial charge in [-0.3, -0.25) is 9.78 Å². The molecular formula is C17H13ClN4O. The minimum absolute atomic E-state index is 0.267. The molecule has 0 saturated heterocycles. The number of halogens is 1. The van der Waals surface area contributed by atoms with Crippen LogP contribution in [0.1, 0.15) is 10.4 Å². The zero-order valence-corrected chi connectivity index (χ0v) is 12.8. The predicted octanol–water partition coefficient (Wildman–Crippen LogP) is 2.97. The van der Waals surface area contributed by atoms with Crippen LogP contribution < -0.4 is 11.5 Å². The number of benzene rings is 2. The van der Waals surface area contributed by atoms with Gasteiger partial charge in [0.25, 0.3) is 5.91 Å². The minimum atomic E-state index is -0.492. The first-order valence-electron chi connectivity index (χ1n) is 6.84. The van der Waals surface area contributed by atoms with Crippen molar-refractivity contribution in [3.63, 3.8) is 0 Å². The molecule has 1 aromatic heterocycles. The van der Waals surface area contributed by atoms with E-state index in [1.165, 1.54) is 0 Å². The molecule has 4 N–H and O–H groups in total. The highest BCUT2D eigenvalue weighted by Crippen LogP contribution is 2.32. The van der Waals surface area contributed by atoms with Crippen molar-refractivity contribution in [2.24, 2.45) is 16.5 Å². The minimum Gasteiger partial charge on any atom is -0.370 e. The molecule has 23 heavy (non-hydrogen) atoms. The largest absolute Gasteiger partial charge is 0.370 e. The van der Waals surface area contributed by atoms with Crippen LogP contribution in [0, 0.1) is 0 Å². The molecule has 114 valence electrons. The molecule has 1 amide bonds. The lowest BCUT2D eigenvalue weighted by atomic mass is 9.99. The van der Waals surface area contributed by atoms with E-state index in [0.717, 1.165) is 16.3 Å². The van der Waals surface area contributed by atoms with Crippen LogP contribution in [0.2, 0.25) is 5.02 Å². The third-order valence-corrected chi connectivity index (χ3v) is 3.68. The van der Waals surface area contributed by atoms with E-state index in [1.54, 1.807) is 30.5 Å². The van der Waals surface area contributed by atoms with Gasteiger partial charge in [-0.2, -0.15) is 4.99 Å². The van der Waals surface area contributed by atoms with Gasteiger partial charge in [0.05, 0.1) is 10.7 Å². The van der Waals surface area contributed by atoms with Gasteiger partial charge in [0.2, 0.25) is 0 Å². The van der Waals surface area contributed by atoms with Gasteiger partial charge in [0.15, 0.2) is 5.96 Å². The van der Waals surface area contributed by atoms with E-state index < -0.39 is 5.91 Å². The Morgan fingerprint density at radius 3 is 2.65 bits per heavy atom. The lowest BCUT2D eigenvalue weighted by Crippen LogP contribution is -2.24. The summed E-state index contributed by atoms with van der Waals surface area (Å²) in [6.45, 7) is 0. The van der Waals surface area contributed by atoms with Gasteiger partial charge in [-0.05, 0) is 35.0 Å². The Hall–Kier alpha value is -2.92. The van der Waals surface area contributed by atoms with Crippen LogP contribution >= 0.6 is 11.6 Å². The molecule has 3 rings (SSSR count). The fraction of sp³-hybridized carbons (Fsp3) is 0. The van der Waals surface area contributed by atoms with E-state index in [9.17, 15) is 4.79 Å². The first kappa shape index (κ1) is 15.0. The van der Waals surface area contributed by atoms with Crippen molar-refractivity contribution in [2.45, 2.75) is 0 Å². The van der Waals surface area contributed by atoms with Crippen LogP contribution in [-0.2, 0) is 0 Å². The summed E-state index contributed by atoms with van der Waals surface area (Å²) in [5, 5.41) is 2.36.